The van der Waals surface area contributed by atoms with E-state index in [9.17, 15) is 0 Å². The first-order valence-electron chi connectivity index (χ1n) is 5.79. The van der Waals surface area contributed by atoms with Crippen LogP contribution < -0.4 is 0 Å². The zero-order valence-electron chi connectivity index (χ0n) is 9.77. The predicted molar refractivity (Wildman–Crippen MR) is 65.1 cm³/mol. The molecule has 0 spiro atoms. The lowest BCUT2D eigenvalue weighted by Crippen LogP contribution is -1.95. The van der Waals surface area contributed by atoms with Crippen LogP contribution in [0.5, 0.6) is 0 Å². The van der Waals surface area contributed by atoms with E-state index in [2.05, 4.69) is 29.0 Å². The molecule has 0 aliphatic carbocycles. The molecule has 0 aliphatic heterocycles. The highest BCUT2D eigenvalue weighted by Crippen LogP contribution is 2.20. The van der Waals surface area contributed by atoms with Crippen molar-refractivity contribution in [2.24, 2.45) is 0 Å². The molecule has 84 valence electrons. The number of aromatic amines is 1. The van der Waals surface area contributed by atoms with Crippen molar-refractivity contribution in [2.75, 3.05) is 0 Å². The van der Waals surface area contributed by atoms with Crippen LogP contribution in [0.15, 0.2) is 30.3 Å². The minimum absolute atomic E-state index is 0.454. The number of rotatable bonds is 4. The molecular weight excluding hydrogens is 198 g/mol. The zero-order valence-corrected chi connectivity index (χ0v) is 9.77. The van der Waals surface area contributed by atoms with Crippen LogP contribution in [-0.4, -0.2) is 15.2 Å². The summed E-state index contributed by atoms with van der Waals surface area (Å²) < 4.78 is 0. The van der Waals surface area contributed by atoms with Gasteiger partial charge in [0.2, 0.25) is 0 Å². The topological polar surface area (TPSA) is 41.6 Å². The first kappa shape index (κ1) is 10.9. The molecule has 0 saturated carbocycles. The summed E-state index contributed by atoms with van der Waals surface area (Å²) in [6.45, 7) is 4.36. The molecule has 1 aromatic carbocycles. The van der Waals surface area contributed by atoms with Crippen molar-refractivity contribution in [3.63, 3.8) is 0 Å². The maximum Gasteiger partial charge on any atom is 0.181 e. The monoisotopic (exact) mass is 215 g/mol. The Balaban J connectivity index is 2.20. The fourth-order valence-electron chi connectivity index (χ4n) is 1.78. The lowest BCUT2D eigenvalue weighted by Gasteiger charge is -2.03. The molecule has 1 unspecified atom stereocenters. The SMILES string of the molecule is CCCC(C)c1nc(-c2ccccc2)n[nH]1. The number of nitrogens with zero attached hydrogens (tertiary/aromatic N) is 2. The Morgan fingerprint density at radius 3 is 2.69 bits per heavy atom. The average molecular weight is 215 g/mol. The van der Waals surface area contributed by atoms with Crippen molar-refractivity contribution in [3.05, 3.63) is 36.2 Å². The molecule has 0 saturated heterocycles. The molecule has 16 heavy (non-hydrogen) atoms. The lowest BCUT2D eigenvalue weighted by atomic mass is 10.1. The molecule has 0 fully saturated rings. The summed E-state index contributed by atoms with van der Waals surface area (Å²) in [6, 6.07) is 10.0. The molecule has 3 heteroatoms. The first-order valence-corrected chi connectivity index (χ1v) is 5.79. The van der Waals surface area contributed by atoms with Gasteiger partial charge in [-0.15, -0.1) is 0 Å². The summed E-state index contributed by atoms with van der Waals surface area (Å²) in [4.78, 5) is 4.53. The van der Waals surface area contributed by atoms with Crippen LogP contribution in [-0.2, 0) is 0 Å². The van der Waals surface area contributed by atoms with Gasteiger partial charge < -0.3 is 0 Å². The van der Waals surface area contributed by atoms with E-state index < -0.39 is 0 Å². The Morgan fingerprint density at radius 1 is 1.25 bits per heavy atom. The number of benzene rings is 1. The van der Waals surface area contributed by atoms with Gasteiger partial charge in [0.05, 0.1) is 0 Å². The van der Waals surface area contributed by atoms with E-state index >= 15 is 0 Å². The maximum atomic E-state index is 4.53. The molecule has 1 atom stereocenters. The fraction of sp³-hybridized carbons (Fsp3) is 0.385. The van der Waals surface area contributed by atoms with Crippen molar-refractivity contribution < 1.29 is 0 Å². The van der Waals surface area contributed by atoms with Crippen LogP contribution in [0.1, 0.15) is 38.4 Å². The van der Waals surface area contributed by atoms with Crippen LogP contribution >= 0.6 is 0 Å². The third-order valence-corrected chi connectivity index (χ3v) is 2.72. The Bertz CT molecular complexity index is 433. The summed E-state index contributed by atoms with van der Waals surface area (Å²) in [7, 11) is 0. The van der Waals surface area contributed by atoms with Gasteiger partial charge in [0, 0.05) is 11.5 Å². The number of nitrogens with one attached hydrogen (secondary N) is 1. The zero-order chi connectivity index (χ0) is 11.4. The first-order chi connectivity index (χ1) is 7.81. The Morgan fingerprint density at radius 2 is 2.00 bits per heavy atom. The van der Waals surface area contributed by atoms with Gasteiger partial charge in [0.1, 0.15) is 5.82 Å². The second-order valence-corrected chi connectivity index (χ2v) is 4.10. The van der Waals surface area contributed by atoms with E-state index in [0.717, 1.165) is 23.6 Å². The molecule has 0 amide bonds. The quantitative estimate of drug-likeness (QED) is 0.849. The van der Waals surface area contributed by atoms with Crippen LogP contribution in [0.3, 0.4) is 0 Å². The molecule has 2 rings (SSSR count). The third kappa shape index (κ3) is 2.30. The van der Waals surface area contributed by atoms with Crippen molar-refractivity contribution >= 4 is 0 Å². The number of hydrogen-bond donors (Lipinski definition) is 1. The van der Waals surface area contributed by atoms with Crippen molar-refractivity contribution in [1.82, 2.24) is 15.2 Å². The highest BCUT2D eigenvalue weighted by Gasteiger charge is 2.10. The number of H-pyrrole nitrogens is 1. The molecule has 0 radical (unpaired) electrons. The second kappa shape index (κ2) is 4.92. The van der Waals surface area contributed by atoms with Gasteiger partial charge >= 0.3 is 0 Å². The van der Waals surface area contributed by atoms with Crippen LogP contribution in [0.4, 0.5) is 0 Å². The van der Waals surface area contributed by atoms with Gasteiger partial charge in [-0.25, -0.2) is 4.98 Å². The lowest BCUT2D eigenvalue weighted by molar-refractivity contribution is 0.629. The molecule has 0 aliphatic rings. The minimum atomic E-state index is 0.454. The van der Waals surface area contributed by atoms with E-state index in [0.29, 0.717) is 5.92 Å². The molecular formula is C13H17N3. The smallest absolute Gasteiger partial charge is 0.181 e. The van der Waals surface area contributed by atoms with Gasteiger partial charge in [0.25, 0.3) is 0 Å². The largest absolute Gasteiger partial charge is 0.262 e. The Hall–Kier alpha value is -1.64. The van der Waals surface area contributed by atoms with E-state index in [-0.39, 0.29) is 0 Å². The highest BCUT2D eigenvalue weighted by molar-refractivity contribution is 5.53. The van der Waals surface area contributed by atoms with Crippen molar-refractivity contribution in [1.29, 1.82) is 0 Å². The Kier molecular flexibility index (Phi) is 3.34. The van der Waals surface area contributed by atoms with Gasteiger partial charge in [-0.3, -0.25) is 5.10 Å². The van der Waals surface area contributed by atoms with E-state index in [1.807, 2.05) is 30.3 Å². The van der Waals surface area contributed by atoms with E-state index in [1.54, 1.807) is 0 Å². The molecule has 1 aromatic heterocycles. The number of hydrogen-bond acceptors (Lipinski definition) is 2. The minimum Gasteiger partial charge on any atom is -0.262 e. The van der Waals surface area contributed by atoms with E-state index in [1.165, 1.54) is 6.42 Å². The Labute approximate surface area is 95.9 Å². The summed E-state index contributed by atoms with van der Waals surface area (Å²) >= 11 is 0. The van der Waals surface area contributed by atoms with Crippen molar-refractivity contribution in [3.8, 4) is 11.4 Å². The predicted octanol–water partition coefficient (Wildman–Crippen LogP) is 3.38. The second-order valence-electron chi connectivity index (χ2n) is 4.10. The molecule has 3 nitrogen and oxygen atoms in total. The maximum absolute atomic E-state index is 4.53. The summed E-state index contributed by atoms with van der Waals surface area (Å²) in [6.07, 6.45) is 2.31. The standard InChI is InChI=1S/C13H17N3/c1-3-7-10(2)12-14-13(16-15-12)11-8-5-4-6-9-11/h4-6,8-10H,3,7H2,1-2H3,(H,14,15,16). The normalized spacial score (nSPS) is 12.6. The van der Waals surface area contributed by atoms with Crippen LogP contribution in [0.25, 0.3) is 11.4 Å². The molecule has 2 aromatic rings. The highest BCUT2D eigenvalue weighted by atomic mass is 15.2. The van der Waals surface area contributed by atoms with Crippen LogP contribution in [0, 0.1) is 0 Å². The molecule has 1 heterocycles. The summed E-state index contributed by atoms with van der Waals surface area (Å²) in [5.74, 6) is 2.23. The van der Waals surface area contributed by atoms with Gasteiger partial charge in [0.15, 0.2) is 5.82 Å². The summed E-state index contributed by atoms with van der Waals surface area (Å²) in [5, 5.41) is 7.28. The van der Waals surface area contributed by atoms with Gasteiger partial charge in [-0.2, -0.15) is 5.10 Å². The molecule has 0 bridgehead atoms. The van der Waals surface area contributed by atoms with Gasteiger partial charge in [-0.05, 0) is 6.42 Å². The number of aromatic nitrogens is 3. The summed E-state index contributed by atoms with van der Waals surface area (Å²) in [5.41, 5.74) is 1.06. The molecule has 1 N–H and O–H groups in total. The van der Waals surface area contributed by atoms with E-state index in [4.69, 9.17) is 0 Å². The fourth-order valence-corrected chi connectivity index (χ4v) is 1.78. The van der Waals surface area contributed by atoms with Crippen molar-refractivity contribution in [2.45, 2.75) is 32.6 Å². The third-order valence-electron chi connectivity index (χ3n) is 2.72. The average Bonchev–Trinajstić information content (AvgIpc) is 2.80. The van der Waals surface area contributed by atoms with Gasteiger partial charge in [-0.1, -0.05) is 50.6 Å². The van der Waals surface area contributed by atoms with Crippen LogP contribution in [0.2, 0.25) is 0 Å².